The summed E-state index contributed by atoms with van der Waals surface area (Å²) >= 11 is 0. The van der Waals surface area contributed by atoms with Crippen molar-refractivity contribution < 1.29 is 14.4 Å². The van der Waals surface area contributed by atoms with Crippen LogP contribution in [0.4, 0.5) is 0 Å². The average Bonchev–Trinajstić information content (AvgIpc) is 3.19. The molecule has 7 nitrogen and oxygen atoms in total. The Bertz CT molecular complexity index is 866. The molecule has 7 heteroatoms. The van der Waals surface area contributed by atoms with Crippen LogP contribution in [0.3, 0.4) is 0 Å². The number of fused-ring (bicyclic) bond motifs is 3. The topological polar surface area (TPSA) is 90.5 Å². The van der Waals surface area contributed by atoms with Crippen molar-refractivity contribution in [3.8, 4) is 0 Å². The number of nitrogens with one attached hydrogen (secondary N) is 3. The van der Waals surface area contributed by atoms with E-state index in [0.717, 1.165) is 35.7 Å². The monoisotopic (exact) mass is 396 g/mol. The number of carbonyl (C=O) groups excluding carboxylic acids is 3. The van der Waals surface area contributed by atoms with Crippen molar-refractivity contribution in [2.45, 2.75) is 63.2 Å². The first kappa shape index (κ1) is 18.8. The summed E-state index contributed by atoms with van der Waals surface area (Å²) in [6, 6.07) is 5.39. The number of imide groups is 1. The van der Waals surface area contributed by atoms with Crippen molar-refractivity contribution in [3.63, 3.8) is 0 Å². The summed E-state index contributed by atoms with van der Waals surface area (Å²) in [7, 11) is 0. The van der Waals surface area contributed by atoms with Crippen molar-refractivity contribution in [1.29, 1.82) is 0 Å². The van der Waals surface area contributed by atoms with Gasteiger partial charge in [-0.1, -0.05) is 24.6 Å². The molecule has 4 aliphatic rings. The normalized spacial score (nSPS) is 31.2. The first-order chi connectivity index (χ1) is 14.0. The van der Waals surface area contributed by atoms with Crippen LogP contribution in [0.25, 0.3) is 0 Å². The number of benzene rings is 1. The zero-order chi connectivity index (χ0) is 20.0. The molecule has 3 atom stereocenters. The summed E-state index contributed by atoms with van der Waals surface area (Å²) in [6.07, 6.45) is 5.76. The van der Waals surface area contributed by atoms with E-state index >= 15 is 0 Å². The predicted octanol–water partition coefficient (Wildman–Crippen LogP) is 1.07. The standard InChI is InChI=1S/C22H28N4O3/c27-18-7-6-17(20(28)25-18)26-12-16-5-1-4-15(19(16)21(26)29)11-23-13-22-8-2-3-14(9-22)10-24-22/h1,4-5,14,17,23-24H,2-3,6-13H2,(H,25,27,28)/t14?,17?,22-/m0/s1. The maximum Gasteiger partial charge on any atom is 0.255 e. The number of hydrogen-bond acceptors (Lipinski definition) is 5. The molecular formula is C22H28N4O3. The molecule has 1 aliphatic carbocycles. The van der Waals surface area contributed by atoms with Gasteiger partial charge in [0.05, 0.1) is 0 Å². The molecule has 2 saturated heterocycles. The third kappa shape index (κ3) is 3.36. The van der Waals surface area contributed by atoms with Crippen LogP contribution < -0.4 is 16.0 Å². The van der Waals surface area contributed by atoms with Crippen molar-refractivity contribution >= 4 is 17.7 Å². The molecule has 154 valence electrons. The third-order valence-corrected chi connectivity index (χ3v) is 7.13. The van der Waals surface area contributed by atoms with Crippen LogP contribution in [0.1, 0.15) is 60.0 Å². The number of nitrogens with zero attached hydrogens (tertiary/aromatic N) is 1. The molecule has 1 aromatic carbocycles. The first-order valence-electron chi connectivity index (χ1n) is 10.8. The largest absolute Gasteiger partial charge is 0.322 e. The summed E-state index contributed by atoms with van der Waals surface area (Å²) in [6.45, 7) is 3.12. The Kier molecular flexibility index (Phi) is 4.67. The molecule has 3 heterocycles. The second-order valence-electron chi connectivity index (χ2n) is 9.08. The van der Waals surface area contributed by atoms with Gasteiger partial charge in [0, 0.05) is 37.2 Å². The molecule has 3 fully saturated rings. The summed E-state index contributed by atoms with van der Waals surface area (Å²) in [5, 5.41) is 9.68. The number of rotatable bonds is 5. The van der Waals surface area contributed by atoms with Crippen molar-refractivity contribution in [3.05, 3.63) is 34.9 Å². The van der Waals surface area contributed by atoms with E-state index in [2.05, 4.69) is 16.0 Å². The predicted molar refractivity (Wildman–Crippen MR) is 107 cm³/mol. The molecule has 1 aromatic rings. The Labute approximate surface area is 170 Å². The fourth-order valence-corrected chi connectivity index (χ4v) is 5.68. The average molecular weight is 396 g/mol. The Morgan fingerprint density at radius 3 is 2.97 bits per heavy atom. The van der Waals surface area contributed by atoms with Crippen LogP contribution in [0.5, 0.6) is 0 Å². The number of carbonyl (C=O) groups is 3. The van der Waals surface area contributed by atoms with E-state index in [1.807, 2.05) is 18.2 Å². The van der Waals surface area contributed by atoms with Crippen LogP contribution >= 0.6 is 0 Å². The van der Waals surface area contributed by atoms with Gasteiger partial charge in [0.2, 0.25) is 11.8 Å². The van der Waals surface area contributed by atoms with Crippen molar-refractivity contribution in [1.82, 2.24) is 20.9 Å². The van der Waals surface area contributed by atoms with E-state index in [1.54, 1.807) is 4.90 Å². The lowest BCUT2D eigenvalue weighted by Crippen LogP contribution is -2.52. The zero-order valence-corrected chi connectivity index (χ0v) is 16.6. The van der Waals surface area contributed by atoms with Crippen molar-refractivity contribution in [2.75, 3.05) is 13.1 Å². The second kappa shape index (κ2) is 7.22. The van der Waals surface area contributed by atoms with Crippen LogP contribution in [0.15, 0.2) is 18.2 Å². The maximum atomic E-state index is 13.2. The van der Waals surface area contributed by atoms with E-state index in [-0.39, 0.29) is 29.7 Å². The summed E-state index contributed by atoms with van der Waals surface area (Å²) in [5.41, 5.74) is 2.89. The highest BCUT2D eigenvalue weighted by atomic mass is 16.2. The highest BCUT2D eigenvalue weighted by molar-refractivity contribution is 6.05. The summed E-state index contributed by atoms with van der Waals surface area (Å²) in [5.74, 6) is 0.0995. The van der Waals surface area contributed by atoms with Crippen LogP contribution in [0.2, 0.25) is 0 Å². The van der Waals surface area contributed by atoms with Gasteiger partial charge < -0.3 is 15.5 Å². The SMILES string of the molecule is O=C1CCC(N2Cc3cccc(CNC[C@@]45CCCC(CN4)C5)c3C2=O)C(=O)N1. The Morgan fingerprint density at radius 2 is 2.10 bits per heavy atom. The summed E-state index contributed by atoms with van der Waals surface area (Å²) in [4.78, 5) is 38.5. The molecule has 1 saturated carbocycles. The molecule has 2 unspecified atom stereocenters. The molecule has 5 rings (SSSR count). The van der Waals surface area contributed by atoms with E-state index in [1.165, 1.54) is 25.7 Å². The van der Waals surface area contributed by atoms with Gasteiger partial charge in [-0.15, -0.1) is 0 Å². The van der Waals surface area contributed by atoms with Crippen LogP contribution in [-0.4, -0.2) is 47.3 Å². The summed E-state index contributed by atoms with van der Waals surface area (Å²) < 4.78 is 0. The van der Waals surface area contributed by atoms with E-state index in [9.17, 15) is 14.4 Å². The second-order valence-corrected chi connectivity index (χ2v) is 9.08. The van der Waals surface area contributed by atoms with Gasteiger partial charge in [-0.3, -0.25) is 19.7 Å². The highest BCUT2D eigenvalue weighted by Gasteiger charge is 2.42. The van der Waals surface area contributed by atoms with Gasteiger partial charge in [0.1, 0.15) is 6.04 Å². The highest BCUT2D eigenvalue weighted by Crippen LogP contribution is 2.37. The number of amides is 3. The molecule has 2 bridgehead atoms. The molecule has 3 amide bonds. The van der Waals surface area contributed by atoms with Gasteiger partial charge in [0.15, 0.2) is 0 Å². The molecule has 0 radical (unpaired) electrons. The molecule has 0 aromatic heterocycles. The maximum absolute atomic E-state index is 13.2. The van der Waals surface area contributed by atoms with Crippen LogP contribution in [-0.2, 0) is 22.7 Å². The minimum absolute atomic E-state index is 0.0956. The lowest BCUT2D eigenvalue weighted by atomic mass is 9.80. The van der Waals surface area contributed by atoms with Gasteiger partial charge in [-0.05, 0) is 49.3 Å². The quantitative estimate of drug-likeness (QED) is 0.648. The fourth-order valence-electron chi connectivity index (χ4n) is 5.68. The molecule has 3 N–H and O–H groups in total. The Hall–Kier alpha value is -2.25. The Morgan fingerprint density at radius 1 is 1.21 bits per heavy atom. The minimum atomic E-state index is -0.561. The van der Waals surface area contributed by atoms with Gasteiger partial charge >= 0.3 is 0 Å². The molecular weight excluding hydrogens is 368 g/mol. The van der Waals surface area contributed by atoms with E-state index in [0.29, 0.717) is 19.5 Å². The molecule has 29 heavy (non-hydrogen) atoms. The van der Waals surface area contributed by atoms with Gasteiger partial charge in [-0.25, -0.2) is 0 Å². The zero-order valence-electron chi connectivity index (χ0n) is 16.6. The van der Waals surface area contributed by atoms with Crippen molar-refractivity contribution in [2.24, 2.45) is 5.92 Å². The van der Waals surface area contributed by atoms with Gasteiger partial charge in [-0.2, -0.15) is 0 Å². The minimum Gasteiger partial charge on any atom is -0.322 e. The lowest BCUT2D eigenvalue weighted by Gasteiger charge is -2.33. The van der Waals surface area contributed by atoms with Gasteiger partial charge in [0.25, 0.3) is 5.91 Å². The smallest absolute Gasteiger partial charge is 0.255 e. The Balaban J connectivity index is 1.27. The first-order valence-corrected chi connectivity index (χ1v) is 10.8. The van der Waals surface area contributed by atoms with E-state index in [4.69, 9.17) is 0 Å². The molecule has 3 aliphatic heterocycles. The molecule has 0 spiro atoms. The van der Waals surface area contributed by atoms with E-state index < -0.39 is 6.04 Å². The number of hydrogen-bond donors (Lipinski definition) is 3. The number of piperidine rings is 1. The fraction of sp³-hybridized carbons (Fsp3) is 0.591. The third-order valence-electron chi connectivity index (χ3n) is 7.13. The van der Waals surface area contributed by atoms with Crippen LogP contribution in [0, 0.1) is 5.92 Å². The lowest BCUT2D eigenvalue weighted by molar-refractivity contribution is -0.136.